The summed E-state index contributed by atoms with van der Waals surface area (Å²) in [4.78, 5) is 14.1. The van der Waals surface area contributed by atoms with Crippen LogP contribution in [-0.4, -0.2) is 23.1 Å². The lowest BCUT2D eigenvalue weighted by molar-refractivity contribution is 0.0245. The first-order chi connectivity index (χ1) is 11.8. The zero-order valence-electron chi connectivity index (χ0n) is 15.6. The van der Waals surface area contributed by atoms with E-state index in [1.165, 1.54) is 0 Å². The summed E-state index contributed by atoms with van der Waals surface area (Å²) in [6.07, 6.45) is -0.289. The first-order valence-corrected chi connectivity index (χ1v) is 8.69. The molecular weight excluding hydrogens is 312 g/mol. The summed E-state index contributed by atoms with van der Waals surface area (Å²) in [5.41, 5.74) is 9.61. The van der Waals surface area contributed by atoms with Crippen LogP contribution in [0.25, 0.3) is 11.1 Å². The number of nitrogens with two attached hydrogens (primary N) is 1. The summed E-state index contributed by atoms with van der Waals surface area (Å²) in [6.45, 7) is 9.24. The van der Waals surface area contributed by atoms with Gasteiger partial charge >= 0.3 is 6.09 Å². The summed E-state index contributed by atoms with van der Waals surface area (Å²) in [5, 5.41) is 0. The van der Waals surface area contributed by atoms with Crippen LogP contribution in [0, 0.1) is 0 Å². The van der Waals surface area contributed by atoms with Crippen molar-refractivity contribution in [2.24, 2.45) is 5.73 Å². The Hall–Kier alpha value is -2.33. The Kier molecular flexibility index (Phi) is 6.21. The fourth-order valence-electron chi connectivity index (χ4n) is 2.60. The smallest absolute Gasteiger partial charge is 0.410 e. The van der Waals surface area contributed by atoms with Gasteiger partial charge in [-0.15, -0.1) is 0 Å². The van der Waals surface area contributed by atoms with Gasteiger partial charge < -0.3 is 15.4 Å². The van der Waals surface area contributed by atoms with Gasteiger partial charge in [-0.3, -0.25) is 0 Å². The highest BCUT2D eigenvalue weighted by atomic mass is 16.6. The molecule has 0 atom stereocenters. The number of carbonyl (C=O) groups is 1. The summed E-state index contributed by atoms with van der Waals surface area (Å²) >= 11 is 0. The van der Waals surface area contributed by atoms with Crippen LogP contribution in [0.4, 0.5) is 4.79 Å². The van der Waals surface area contributed by atoms with E-state index in [2.05, 4.69) is 24.3 Å². The third-order valence-electron chi connectivity index (χ3n) is 3.91. The number of nitrogens with zero attached hydrogens (tertiary/aromatic N) is 1. The molecule has 0 bridgehead atoms. The second-order valence-corrected chi connectivity index (χ2v) is 7.05. The van der Waals surface area contributed by atoms with Crippen LogP contribution in [0.3, 0.4) is 0 Å². The summed E-state index contributed by atoms with van der Waals surface area (Å²) < 4.78 is 5.51. The van der Waals surface area contributed by atoms with Gasteiger partial charge in [0.05, 0.1) is 0 Å². The topological polar surface area (TPSA) is 55.6 Å². The molecule has 0 aliphatic rings. The van der Waals surface area contributed by atoms with E-state index < -0.39 is 5.60 Å². The third kappa shape index (κ3) is 5.33. The Balaban J connectivity index is 2.25. The quantitative estimate of drug-likeness (QED) is 0.867. The third-order valence-corrected chi connectivity index (χ3v) is 3.91. The minimum Gasteiger partial charge on any atom is -0.444 e. The maximum Gasteiger partial charge on any atom is 0.410 e. The fourth-order valence-corrected chi connectivity index (χ4v) is 2.60. The van der Waals surface area contributed by atoms with Gasteiger partial charge in [0.1, 0.15) is 5.60 Å². The maximum absolute atomic E-state index is 12.4. The number of amides is 1. The molecule has 0 fully saturated rings. The predicted octanol–water partition coefficient (Wildman–Crippen LogP) is 4.57. The van der Waals surface area contributed by atoms with Gasteiger partial charge in [-0.2, -0.15) is 0 Å². The maximum atomic E-state index is 12.4. The predicted molar refractivity (Wildman–Crippen MR) is 102 cm³/mol. The number of rotatable bonds is 5. The molecule has 0 aliphatic heterocycles. The molecule has 4 heteroatoms. The Bertz CT molecular complexity index is 703. The molecule has 0 unspecified atom stereocenters. The zero-order chi connectivity index (χ0) is 18.4. The van der Waals surface area contributed by atoms with Gasteiger partial charge in [-0.05, 0) is 49.9 Å². The number of benzene rings is 2. The molecule has 2 aromatic rings. The molecule has 0 spiro atoms. The Labute approximate surface area is 150 Å². The molecule has 2 rings (SSSR count). The molecule has 1 amide bonds. The van der Waals surface area contributed by atoms with Crippen LogP contribution in [-0.2, 0) is 17.8 Å². The van der Waals surface area contributed by atoms with Crippen molar-refractivity contribution in [2.45, 2.75) is 46.4 Å². The molecule has 0 saturated carbocycles. The van der Waals surface area contributed by atoms with Crippen LogP contribution in [0.5, 0.6) is 0 Å². The molecule has 0 heterocycles. The van der Waals surface area contributed by atoms with Gasteiger partial charge in [0, 0.05) is 19.6 Å². The monoisotopic (exact) mass is 340 g/mol. The highest BCUT2D eigenvalue weighted by molar-refractivity contribution is 5.71. The molecule has 0 radical (unpaired) electrons. The van der Waals surface area contributed by atoms with E-state index in [4.69, 9.17) is 10.5 Å². The standard InChI is InChI=1S/C21H28N2O2/c1-5-23(20(24)25-21(2,3)4)15-18-8-6-7-9-19(18)17-12-10-16(14-22)11-13-17/h6-13H,5,14-15,22H2,1-4H3. The Morgan fingerprint density at radius 3 is 2.28 bits per heavy atom. The Morgan fingerprint density at radius 1 is 1.08 bits per heavy atom. The van der Waals surface area contributed by atoms with Gasteiger partial charge in [0.15, 0.2) is 0 Å². The largest absolute Gasteiger partial charge is 0.444 e. The van der Waals surface area contributed by atoms with Crippen molar-refractivity contribution in [3.05, 3.63) is 59.7 Å². The fraction of sp³-hybridized carbons (Fsp3) is 0.381. The van der Waals surface area contributed by atoms with E-state index in [0.29, 0.717) is 19.6 Å². The van der Waals surface area contributed by atoms with E-state index in [0.717, 1.165) is 22.3 Å². The normalized spacial score (nSPS) is 11.2. The first-order valence-electron chi connectivity index (χ1n) is 8.69. The van der Waals surface area contributed by atoms with Crippen LogP contribution in [0.2, 0.25) is 0 Å². The molecule has 25 heavy (non-hydrogen) atoms. The SMILES string of the molecule is CCN(Cc1ccccc1-c1ccc(CN)cc1)C(=O)OC(C)(C)C. The van der Waals surface area contributed by atoms with Gasteiger partial charge in [-0.1, -0.05) is 48.5 Å². The van der Waals surface area contributed by atoms with E-state index in [1.807, 2.05) is 52.0 Å². The van der Waals surface area contributed by atoms with Crippen LogP contribution < -0.4 is 5.73 Å². The number of carbonyl (C=O) groups excluding carboxylic acids is 1. The van der Waals surface area contributed by atoms with E-state index in [9.17, 15) is 4.79 Å². The lowest BCUT2D eigenvalue weighted by Gasteiger charge is -2.27. The minimum absolute atomic E-state index is 0.289. The van der Waals surface area contributed by atoms with Crippen LogP contribution in [0.15, 0.2) is 48.5 Å². The van der Waals surface area contributed by atoms with Crippen molar-refractivity contribution in [1.29, 1.82) is 0 Å². The lowest BCUT2D eigenvalue weighted by atomic mass is 9.98. The van der Waals surface area contributed by atoms with E-state index >= 15 is 0 Å². The highest BCUT2D eigenvalue weighted by Crippen LogP contribution is 2.25. The van der Waals surface area contributed by atoms with Gasteiger partial charge in [0.25, 0.3) is 0 Å². The van der Waals surface area contributed by atoms with Crippen LogP contribution in [0.1, 0.15) is 38.8 Å². The van der Waals surface area contributed by atoms with Gasteiger partial charge in [0.2, 0.25) is 0 Å². The average molecular weight is 340 g/mol. The molecule has 2 aromatic carbocycles. The van der Waals surface area contributed by atoms with E-state index in [-0.39, 0.29) is 6.09 Å². The Morgan fingerprint density at radius 2 is 1.72 bits per heavy atom. The number of hydrogen-bond donors (Lipinski definition) is 1. The van der Waals surface area contributed by atoms with Crippen molar-refractivity contribution in [2.75, 3.05) is 6.54 Å². The zero-order valence-corrected chi connectivity index (χ0v) is 15.6. The van der Waals surface area contributed by atoms with Crippen LogP contribution >= 0.6 is 0 Å². The molecule has 0 saturated heterocycles. The summed E-state index contributed by atoms with van der Waals surface area (Å²) in [7, 11) is 0. The molecule has 0 aliphatic carbocycles. The summed E-state index contributed by atoms with van der Waals surface area (Å²) in [5.74, 6) is 0. The molecule has 4 nitrogen and oxygen atoms in total. The van der Waals surface area contributed by atoms with E-state index in [1.54, 1.807) is 4.90 Å². The number of hydrogen-bond acceptors (Lipinski definition) is 3. The van der Waals surface area contributed by atoms with Crippen molar-refractivity contribution in [3.63, 3.8) is 0 Å². The minimum atomic E-state index is -0.498. The van der Waals surface area contributed by atoms with Crippen molar-refractivity contribution in [1.82, 2.24) is 4.90 Å². The second-order valence-electron chi connectivity index (χ2n) is 7.05. The first kappa shape index (κ1) is 19.0. The highest BCUT2D eigenvalue weighted by Gasteiger charge is 2.22. The summed E-state index contributed by atoms with van der Waals surface area (Å²) in [6, 6.07) is 16.4. The molecule has 134 valence electrons. The molecular formula is C21H28N2O2. The molecule has 2 N–H and O–H groups in total. The molecule has 0 aromatic heterocycles. The van der Waals surface area contributed by atoms with Crippen molar-refractivity contribution in [3.8, 4) is 11.1 Å². The average Bonchev–Trinajstić information content (AvgIpc) is 2.58. The lowest BCUT2D eigenvalue weighted by Crippen LogP contribution is -2.36. The number of ether oxygens (including phenoxy) is 1. The second kappa shape index (κ2) is 8.17. The van der Waals surface area contributed by atoms with Crippen molar-refractivity contribution < 1.29 is 9.53 Å². The van der Waals surface area contributed by atoms with Gasteiger partial charge in [-0.25, -0.2) is 4.79 Å². The van der Waals surface area contributed by atoms with Crippen molar-refractivity contribution >= 4 is 6.09 Å².